The van der Waals surface area contributed by atoms with Crippen LogP contribution in [0.1, 0.15) is 34.1 Å². The lowest BCUT2D eigenvalue weighted by Gasteiger charge is -2.36. The molecule has 1 aliphatic rings. The third kappa shape index (κ3) is 7.60. The summed E-state index contributed by atoms with van der Waals surface area (Å²) in [5.74, 6) is 0.621. The summed E-state index contributed by atoms with van der Waals surface area (Å²) in [5.41, 5.74) is 2.37. The number of nitrogens with zero attached hydrogens (tertiary/aromatic N) is 2. The van der Waals surface area contributed by atoms with E-state index in [1.807, 2.05) is 27.7 Å². The van der Waals surface area contributed by atoms with Crippen molar-refractivity contribution in [3.05, 3.63) is 23.7 Å². The molecule has 27 heavy (non-hydrogen) atoms. The maximum Gasteiger partial charge on any atom is 0.319 e. The number of rotatable bonds is 7. The molecule has 0 radical (unpaired) electrons. The second-order valence-electron chi connectivity index (χ2n) is 7.29. The Kier molecular flexibility index (Phi) is 8.78. The van der Waals surface area contributed by atoms with Gasteiger partial charge in [0.15, 0.2) is 12.2 Å². The highest BCUT2D eigenvalue weighted by Gasteiger charge is 2.25. The summed E-state index contributed by atoms with van der Waals surface area (Å²) < 4.78 is 16.0. The fourth-order valence-corrected chi connectivity index (χ4v) is 2.69. The number of urea groups is 1. The number of hydrogen-bond donors (Lipinski definition) is 2. The fraction of sp³-hybridized carbons (Fsp3) is 0.684. The SMILES string of the molecule is C=C(OC(C)(C)C)N1CCC(=NC)/C(=C(\C)NC(=O)NCC(OC)OC)C1. The quantitative estimate of drug-likeness (QED) is 0.521. The molecule has 0 saturated carbocycles. The van der Waals surface area contributed by atoms with Gasteiger partial charge in [0.05, 0.1) is 6.54 Å². The maximum absolute atomic E-state index is 12.2. The topological polar surface area (TPSA) is 84.4 Å². The van der Waals surface area contributed by atoms with Crippen LogP contribution in [0.25, 0.3) is 0 Å². The summed E-state index contributed by atoms with van der Waals surface area (Å²) in [4.78, 5) is 18.6. The van der Waals surface area contributed by atoms with Crippen LogP contribution >= 0.6 is 0 Å². The van der Waals surface area contributed by atoms with E-state index in [2.05, 4.69) is 27.1 Å². The van der Waals surface area contributed by atoms with Crippen LogP contribution in [0.3, 0.4) is 0 Å². The number of carbonyl (C=O) groups excluding carboxylic acids is 1. The average Bonchev–Trinajstić information content (AvgIpc) is 2.60. The second kappa shape index (κ2) is 10.3. The Hall–Kier alpha value is -2.06. The fourth-order valence-electron chi connectivity index (χ4n) is 2.69. The molecule has 0 aromatic heterocycles. The Morgan fingerprint density at radius 1 is 1.33 bits per heavy atom. The number of piperidine rings is 1. The van der Waals surface area contributed by atoms with Gasteiger partial charge in [0.2, 0.25) is 0 Å². The van der Waals surface area contributed by atoms with E-state index in [1.54, 1.807) is 7.05 Å². The minimum absolute atomic E-state index is 0.249. The Labute approximate surface area is 162 Å². The molecule has 154 valence electrons. The zero-order chi connectivity index (χ0) is 20.6. The summed E-state index contributed by atoms with van der Waals surface area (Å²) >= 11 is 0. The molecule has 0 atom stereocenters. The third-order valence-electron chi connectivity index (χ3n) is 4.07. The lowest BCUT2D eigenvalue weighted by molar-refractivity contribution is -0.0971. The normalized spacial score (nSPS) is 18.5. The molecule has 1 rings (SSSR count). The molecule has 0 bridgehead atoms. The first-order valence-corrected chi connectivity index (χ1v) is 9.00. The molecule has 2 N–H and O–H groups in total. The summed E-state index contributed by atoms with van der Waals surface area (Å²) in [5, 5.41) is 5.59. The summed E-state index contributed by atoms with van der Waals surface area (Å²) in [6.07, 6.45) is 0.272. The van der Waals surface area contributed by atoms with Crippen molar-refractivity contribution in [3.8, 4) is 0 Å². The zero-order valence-electron chi connectivity index (χ0n) is 17.6. The number of hydrogen-bond acceptors (Lipinski definition) is 6. The molecule has 1 fully saturated rings. The predicted octanol–water partition coefficient (Wildman–Crippen LogP) is 2.24. The van der Waals surface area contributed by atoms with E-state index in [0.29, 0.717) is 12.4 Å². The molecule has 1 saturated heterocycles. The third-order valence-corrected chi connectivity index (χ3v) is 4.07. The minimum Gasteiger partial charge on any atom is -0.474 e. The van der Waals surface area contributed by atoms with E-state index < -0.39 is 6.29 Å². The number of allylic oxidation sites excluding steroid dienone is 1. The van der Waals surface area contributed by atoms with Crippen molar-refractivity contribution in [2.45, 2.75) is 46.0 Å². The summed E-state index contributed by atoms with van der Waals surface area (Å²) in [6, 6.07) is -0.323. The molecule has 1 aliphatic heterocycles. The van der Waals surface area contributed by atoms with E-state index in [0.717, 1.165) is 29.9 Å². The van der Waals surface area contributed by atoms with E-state index in [4.69, 9.17) is 14.2 Å². The van der Waals surface area contributed by atoms with Crippen molar-refractivity contribution in [1.82, 2.24) is 15.5 Å². The van der Waals surface area contributed by atoms with Gasteiger partial charge in [0, 0.05) is 57.8 Å². The van der Waals surface area contributed by atoms with Crippen LogP contribution in [-0.4, -0.2) is 69.4 Å². The van der Waals surface area contributed by atoms with Gasteiger partial charge in [-0.05, 0) is 34.3 Å². The molecule has 2 amide bonds. The van der Waals surface area contributed by atoms with E-state index in [1.165, 1.54) is 14.2 Å². The van der Waals surface area contributed by atoms with Gasteiger partial charge >= 0.3 is 6.03 Å². The molecular formula is C19H34N4O4. The maximum atomic E-state index is 12.2. The second-order valence-corrected chi connectivity index (χ2v) is 7.29. The summed E-state index contributed by atoms with van der Waals surface area (Å²) in [6.45, 7) is 13.5. The summed E-state index contributed by atoms with van der Waals surface area (Å²) in [7, 11) is 4.81. The lowest BCUT2D eigenvalue weighted by Crippen LogP contribution is -2.42. The number of amides is 2. The number of methoxy groups -OCH3 is 2. The molecule has 0 aliphatic carbocycles. The van der Waals surface area contributed by atoms with E-state index in [-0.39, 0.29) is 18.2 Å². The number of aliphatic imine (C=N–C) groups is 1. The number of nitrogens with one attached hydrogen (secondary N) is 2. The van der Waals surface area contributed by atoms with Crippen molar-refractivity contribution in [2.24, 2.45) is 4.99 Å². The first-order chi connectivity index (χ1) is 12.6. The van der Waals surface area contributed by atoms with Gasteiger partial charge < -0.3 is 29.7 Å². The van der Waals surface area contributed by atoms with Crippen molar-refractivity contribution < 1.29 is 19.0 Å². The Balaban J connectivity index is 2.81. The first kappa shape index (κ1) is 23.0. The van der Waals surface area contributed by atoms with Gasteiger partial charge in [-0.15, -0.1) is 0 Å². The molecular weight excluding hydrogens is 348 g/mol. The first-order valence-electron chi connectivity index (χ1n) is 9.00. The van der Waals surface area contributed by atoms with Crippen LogP contribution in [0.5, 0.6) is 0 Å². The van der Waals surface area contributed by atoms with Crippen molar-refractivity contribution in [1.29, 1.82) is 0 Å². The Bertz CT molecular complexity index is 589. The largest absolute Gasteiger partial charge is 0.474 e. The highest BCUT2D eigenvalue weighted by atomic mass is 16.7. The van der Waals surface area contributed by atoms with Gasteiger partial charge in [-0.2, -0.15) is 0 Å². The lowest BCUT2D eigenvalue weighted by atomic mass is 10.00. The molecule has 0 aromatic carbocycles. The van der Waals surface area contributed by atoms with Crippen LogP contribution in [0.2, 0.25) is 0 Å². The minimum atomic E-state index is -0.487. The van der Waals surface area contributed by atoms with Crippen molar-refractivity contribution in [3.63, 3.8) is 0 Å². The van der Waals surface area contributed by atoms with Crippen molar-refractivity contribution >= 4 is 11.7 Å². The average molecular weight is 383 g/mol. The molecule has 1 heterocycles. The van der Waals surface area contributed by atoms with Crippen molar-refractivity contribution in [2.75, 3.05) is 40.9 Å². The number of likely N-dealkylation sites (tertiary alicyclic amines) is 1. The molecule has 0 aromatic rings. The van der Waals surface area contributed by atoms with E-state index >= 15 is 0 Å². The predicted molar refractivity (Wildman–Crippen MR) is 107 cm³/mol. The van der Waals surface area contributed by atoms with Gasteiger partial charge in [-0.25, -0.2) is 4.79 Å². The van der Waals surface area contributed by atoms with Crippen LogP contribution in [0, 0.1) is 0 Å². The monoisotopic (exact) mass is 382 g/mol. The van der Waals surface area contributed by atoms with Gasteiger partial charge in [-0.1, -0.05) is 0 Å². The van der Waals surface area contributed by atoms with E-state index in [9.17, 15) is 4.79 Å². The highest BCUT2D eigenvalue weighted by Crippen LogP contribution is 2.23. The highest BCUT2D eigenvalue weighted by molar-refractivity contribution is 6.02. The van der Waals surface area contributed by atoms with Gasteiger partial charge in [0.25, 0.3) is 0 Å². The number of carbonyl (C=O) groups is 1. The Morgan fingerprint density at radius 2 is 1.96 bits per heavy atom. The standard InChI is InChI=1S/C19H34N4O4/c1-13(22-18(24)21-11-17(25-7)26-8)15-12-23(10-9-16(15)20-6)14(2)27-19(3,4)5/h17H,2,9-12H2,1,3-8H3,(H2,21,22,24)/b15-13+,20-16?. The van der Waals surface area contributed by atoms with Crippen LogP contribution in [0.4, 0.5) is 4.79 Å². The molecule has 8 heteroatoms. The zero-order valence-corrected chi connectivity index (χ0v) is 17.6. The van der Waals surface area contributed by atoms with Crippen LogP contribution in [0.15, 0.2) is 28.7 Å². The van der Waals surface area contributed by atoms with Gasteiger partial charge in [-0.3, -0.25) is 4.99 Å². The number of ether oxygens (including phenoxy) is 3. The van der Waals surface area contributed by atoms with Crippen LogP contribution < -0.4 is 10.6 Å². The van der Waals surface area contributed by atoms with Gasteiger partial charge in [0.1, 0.15) is 5.60 Å². The smallest absolute Gasteiger partial charge is 0.319 e. The molecule has 0 spiro atoms. The Morgan fingerprint density at radius 3 is 2.48 bits per heavy atom. The van der Waals surface area contributed by atoms with Crippen LogP contribution in [-0.2, 0) is 14.2 Å². The molecule has 8 nitrogen and oxygen atoms in total. The molecule has 0 unspecified atom stereocenters.